The van der Waals surface area contributed by atoms with Crippen LogP contribution in [-0.2, 0) is 10.8 Å². The second-order valence-electron chi connectivity index (χ2n) is 16.1. The second kappa shape index (κ2) is 14.5. The second-order valence-corrected chi connectivity index (χ2v) is 19.0. The van der Waals surface area contributed by atoms with Crippen molar-refractivity contribution < 1.29 is 32.2 Å². The van der Waals surface area contributed by atoms with Gasteiger partial charge in [0.25, 0.3) is 0 Å². The molecule has 284 valence electrons. The molecule has 0 saturated carbocycles. The first kappa shape index (κ1) is 40.4. The number of rotatable bonds is 6. The van der Waals surface area contributed by atoms with Gasteiger partial charge in [0, 0.05) is 33.5 Å². The van der Waals surface area contributed by atoms with E-state index >= 15 is 17.6 Å². The van der Waals surface area contributed by atoms with Crippen LogP contribution >= 0.6 is 7.05 Å². The fourth-order valence-electron chi connectivity index (χ4n) is 6.92. The molecule has 0 radical (unpaired) electrons. The number of aryl methyl sites for hydroxylation is 5. The Bertz CT molecular complexity index is 2280. The number of aliphatic imine (C=N–C) groups is 1. The van der Waals surface area contributed by atoms with Crippen molar-refractivity contribution in [3.63, 3.8) is 0 Å². The molecule has 0 unspecified atom stereocenters. The van der Waals surface area contributed by atoms with E-state index in [1.807, 2.05) is 74.4 Å². The minimum absolute atomic E-state index is 0.0809. The monoisotopic (exact) mass is 760 g/mol. The summed E-state index contributed by atoms with van der Waals surface area (Å²) in [7, 11) is -4.73. The van der Waals surface area contributed by atoms with Crippen LogP contribution in [0.5, 0.6) is 11.5 Å². The number of benzene rings is 5. The average molecular weight is 761 g/mol. The summed E-state index contributed by atoms with van der Waals surface area (Å²) >= 11 is 0. The highest BCUT2D eigenvalue weighted by molar-refractivity contribution is 7.87. The molecule has 2 N–H and O–H groups in total. The van der Waals surface area contributed by atoms with Crippen LogP contribution in [0, 0.1) is 63.7 Å². The lowest BCUT2D eigenvalue weighted by atomic mass is 9.85. The van der Waals surface area contributed by atoms with Crippen molar-refractivity contribution in [3.8, 4) is 11.5 Å². The molecule has 0 aliphatic rings. The summed E-state index contributed by atoms with van der Waals surface area (Å²) in [5, 5.41) is 23.0. The molecule has 0 heterocycles. The maximum absolute atomic E-state index is 16.8. The largest absolute Gasteiger partial charge is 0.507 e. The first-order chi connectivity index (χ1) is 25.0. The van der Waals surface area contributed by atoms with Gasteiger partial charge in [-0.15, -0.1) is 0 Å². The Balaban J connectivity index is 2.14. The number of aromatic hydroxyl groups is 2. The van der Waals surface area contributed by atoms with E-state index in [0.717, 1.165) is 16.7 Å². The minimum Gasteiger partial charge on any atom is -0.507 e. The Labute approximate surface area is 314 Å². The number of phenols is 2. The van der Waals surface area contributed by atoms with Gasteiger partial charge in [-0.1, -0.05) is 89.6 Å². The van der Waals surface area contributed by atoms with Crippen molar-refractivity contribution in [2.75, 3.05) is 0 Å². The molecule has 0 aliphatic heterocycles. The third-order valence-electron chi connectivity index (χ3n) is 9.45. The molecule has 4 nitrogen and oxygen atoms in total. The van der Waals surface area contributed by atoms with Gasteiger partial charge in [-0.05, 0) is 85.9 Å². The predicted molar refractivity (Wildman–Crippen MR) is 212 cm³/mol. The Morgan fingerprint density at radius 1 is 0.574 bits per heavy atom. The van der Waals surface area contributed by atoms with Crippen molar-refractivity contribution in [2.24, 2.45) is 9.74 Å². The highest BCUT2D eigenvalue weighted by Crippen LogP contribution is 2.57. The summed E-state index contributed by atoms with van der Waals surface area (Å²) < 4.78 is 84.6. The van der Waals surface area contributed by atoms with Crippen LogP contribution in [0.3, 0.4) is 0 Å². The lowest BCUT2D eigenvalue weighted by Gasteiger charge is -2.33. The van der Waals surface area contributed by atoms with Crippen LogP contribution in [0.4, 0.5) is 33.3 Å². The van der Waals surface area contributed by atoms with Crippen LogP contribution in [0.25, 0.3) is 0 Å². The summed E-state index contributed by atoms with van der Waals surface area (Å²) in [5.74, 6) is -11.8. The Hall–Kier alpha value is -4.75. The van der Waals surface area contributed by atoms with Gasteiger partial charge < -0.3 is 10.2 Å². The molecule has 0 aliphatic carbocycles. The van der Waals surface area contributed by atoms with Gasteiger partial charge >= 0.3 is 0 Å². The van der Waals surface area contributed by atoms with Gasteiger partial charge in [-0.25, -0.2) is 22.0 Å². The molecular formula is C44H46F5N2O2P. The maximum Gasteiger partial charge on any atom is 0.200 e. The summed E-state index contributed by atoms with van der Waals surface area (Å²) in [6.45, 7) is 20.2. The lowest BCUT2D eigenvalue weighted by Crippen LogP contribution is -2.34. The van der Waals surface area contributed by atoms with Gasteiger partial charge in [0.05, 0.1) is 23.7 Å². The van der Waals surface area contributed by atoms with E-state index in [0.29, 0.717) is 33.5 Å². The third kappa shape index (κ3) is 7.23. The first-order valence-electron chi connectivity index (χ1n) is 17.5. The van der Waals surface area contributed by atoms with Gasteiger partial charge in [0.1, 0.15) is 11.5 Å². The normalized spacial score (nSPS) is 12.5. The Kier molecular flexibility index (Phi) is 10.8. The summed E-state index contributed by atoms with van der Waals surface area (Å²) in [6.07, 6.45) is 1.53. The SMILES string of the molecule is Cc1cc(C)c(N=Cc2ccccc2N=P(c2cc(C)cc(C(C)(C)C)c2O)(c2cc(C)cc(C(C)(C)C)c2O)c2c(F)c(F)c(F)c(F)c2F)c(C)c1. The predicted octanol–water partition coefficient (Wildman–Crippen LogP) is 11.5. The number of halogens is 5. The summed E-state index contributed by atoms with van der Waals surface area (Å²) in [4.78, 5) is 4.77. The van der Waals surface area contributed by atoms with E-state index in [2.05, 4.69) is 0 Å². The van der Waals surface area contributed by atoms with E-state index in [-0.39, 0.29) is 16.3 Å². The Morgan fingerprint density at radius 2 is 0.981 bits per heavy atom. The zero-order valence-corrected chi connectivity index (χ0v) is 33.4. The molecule has 0 amide bonds. The van der Waals surface area contributed by atoms with Gasteiger partial charge in [0.2, 0.25) is 5.82 Å². The van der Waals surface area contributed by atoms with Crippen LogP contribution in [0.2, 0.25) is 0 Å². The third-order valence-corrected chi connectivity index (χ3v) is 13.1. The standard InChI is InChI=1S/C44H46F5N2O2P/c1-23-16-26(4)39(27(5)17-23)50-22-28-14-12-13-15-31(28)51-54(42-37(48)35(46)34(45)36(47)38(42)49,32-20-24(2)18-29(40(32)52)43(6,7)8)33-21-25(3)19-30(41(33)53)44(9,10)11/h12-22,52-53H,1-11H3. The van der Waals surface area contributed by atoms with E-state index in [1.54, 1.807) is 50.2 Å². The molecule has 0 aromatic heterocycles. The molecule has 5 aromatic carbocycles. The molecule has 0 fully saturated rings. The molecular weight excluding hydrogens is 714 g/mol. The molecule has 0 spiro atoms. The molecule has 0 atom stereocenters. The van der Waals surface area contributed by atoms with E-state index in [9.17, 15) is 14.6 Å². The minimum atomic E-state index is -4.73. The zero-order valence-electron chi connectivity index (χ0n) is 32.5. The number of phenolic OH excluding ortho intramolecular Hbond substituents is 2. The fraction of sp³-hybridized carbons (Fsp3) is 0.295. The van der Waals surface area contributed by atoms with Crippen molar-refractivity contribution in [2.45, 2.75) is 87.0 Å². The molecule has 0 saturated heterocycles. The smallest absolute Gasteiger partial charge is 0.200 e. The molecule has 5 aromatic rings. The number of nitrogens with zero attached hydrogens (tertiary/aromatic N) is 2. The van der Waals surface area contributed by atoms with E-state index in [4.69, 9.17) is 9.74 Å². The van der Waals surface area contributed by atoms with Gasteiger partial charge in [-0.3, -0.25) is 9.74 Å². The average Bonchev–Trinajstić information content (AvgIpc) is 3.07. The van der Waals surface area contributed by atoms with Crippen LogP contribution < -0.4 is 15.9 Å². The molecule has 0 bridgehead atoms. The van der Waals surface area contributed by atoms with Gasteiger partial charge in [0.15, 0.2) is 23.3 Å². The quantitative estimate of drug-likeness (QED) is 0.0595. The molecule has 10 heteroatoms. The zero-order chi connectivity index (χ0) is 40.2. The topological polar surface area (TPSA) is 65.2 Å². The number of hydrogen-bond acceptors (Lipinski definition) is 4. The number of hydrogen-bond donors (Lipinski definition) is 2. The van der Waals surface area contributed by atoms with Crippen molar-refractivity contribution in [1.29, 1.82) is 0 Å². The first-order valence-corrected chi connectivity index (χ1v) is 19.3. The molecule has 5 rings (SSSR count). The maximum atomic E-state index is 16.8. The summed E-state index contributed by atoms with van der Waals surface area (Å²) in [5.41, 5.74) is 4.24. The van der Waals surface area contributed by atoms with E-state index in [1.165, 1.54) is 18.3 Å². The van der Waals surface area contributed by atoms with Crippen molar-refractivity contribution >= 4 is 40.6 Å². The highest BCUT2D eigenvalue weighted by atomic mass is 31.2. The summed E-state index contributed by atoms with van der Waals surface area (Å²) in [6, 6.07) is 16.8. The van der Waals surface area contributed by atoms with Crippen molar-refractivity contribution in [1.82, 2.24) is 0 Å². The fourth-order valence-corrected chi connectivity index (χ4v) is 10.9. The van der Waals surface area contributed by atoms with Gasteiger partial charge in [-0.2, -0.15) is 0 Å². The lowest BCUT2D eigenvalue weighted by molar-refractivity contribution is 0.384. The van der Waals surface area contributed by atoms with Crippen molar-refractivity contribution in [3.05, 3.63) is 134 Å². The van der Waals surface area contributed by atoms with Crippen LogP contribution in [0.1, 0.15) is 86.1 Å². The molecule has 54 heavy (non-hydrogen) atoms. The highest BCUT2D eigenvalue weighted by Gasteiger charge is 2.43. The van der Waals surface area contributed by atoms with E-state index < -0.39 is 63.8 Å². The Morgan fingerprint density at radius 3 is 1.43 bits per heavy atom. The van der Waals surface area contributed by atoms with Crippen LogP contribution in [-0.4, -0.2) is 16.4 Å². The van der Waals surface area contributed by atoms with Crippen LogP contribution in [0.15, 0.2) is 70.4 Å².